The number of carbonyl (C=O) groups excluding carboxylic acids is 2. The second-order valence-corrected chi connectivity index (χ2v) is 8.85. The Morgan fingerprint density at radius 3 is 2.42 bits per heavy atom. The van der Waals surface area contributed by atoms with E-state index >= 15 is 0 Å². The van der Waals surface area contributed by atoms with Gasteiger partial charge in [-0.3, -0.25) is 19.7 Å². The van der Waals surface area contributed by atoms with Crippen molar-refractivity contribution in [3.8, 4) is 11.3 Å². The number of nitrogens with zero attached hydrogens (tertiary/aromatic N) is 3. The van der Waals surface area contributed by atoms with Crippen molar-refractivity contribution in [2.45, 2.75) is 13.3 Å². The number of aryl methyl sites for hydroxylation is 1. The summed E-state index contributed by atoms with van der Waals surface area (Å²) in [5.41, 5.74) is 1.42. The van der Waals surface area contributed by atoms with Crippen LogP contribution in [0.2, 0.25) is 0 Å². The summed E-state index contributed by atoms with van der Waals surface area (Å²) in [6.07, 6.45) is 6.72. The fourth-order valence-electron chi connectivity index (χ4n) is 5.73. The number of allylic oxidation sites excluding steroid dienone is 2. The lowest BCUT2D eigenvalue weighted by molar-refractivity contribution is -0.384. The Bertz CT molecular complexity index is 1180. The molecule has 2 heterocycles. The van der Waals surface area contributed by atoms with E-state index in [0.29, 0.717) is 28.9 Å². The highest BCUT2D eigenvalue weighted by atomic mass is 16.6. The maximum atomic E-state index is 13.0. The Kier molecular flexibility index (Phi) is 3.66. The number of imide groups is 1. The molecule has 2 aromatic rings. The SMILES string of the molecule is Cc1ccc([N+](=O)[O-])cc1-c1ccc(/C=N\N2C(=O)[C@@H]3[C@H]4C=C[C@H]([C@@H]5C[C@H]45)[C@@H]3C2=O)o1. The Hall–Kier alpha value is -3.55. The van der Waals surface area contributed by atoms with Gasteiger partial charge in [-0.2, -0.15) is 10.1 Å². The van der Waals surface area contributed by atoms with Crippen molar-refractivity contribution in [2.24, 2.45) is 40.6 Å². The minimum Gasteiger partial charge on any atom is -0.455 e. The zero-order valence-corrected chi connectivity index (χ0v) is 16.7. The van der Waals surface area contributed by atoms with E-state index in [4.69, 9.17) is 4.42 Å². The molecule has 2 bridgehead atoms. The zero-order chi connectivity index (χ0) is 21.4. The van der Waals surface area contributed by atoms with E-state index in [1.165, 1.54) is 18.3 Å². The summed E-state index contributed by atoms with van der Waals surface area (Å²) < 4.78 is 5.78. The van der Waals surface area contributed by atoms with Crippen molar-refractivity contribution in [1.82, 2.24) is 5.01 Å². The number of hydrazone groups is 1. The van der Waals surface area contributed by atoms with Crippen LogP contribution in [0.25, 0.3) is 11.3 Å². The highest BCUT2D eigenvalue weighted by molar-refractivity contribution is 6.06. The summed E-state index contributed by atoms with van der Waals surface area (Å²) in [4.78, 5) is 36.5. The molecule has 1 aliphatic heterocycles. The van der Waals surface area contributed by atoms with Crippen LogP contribution in [0.15, 0.2) is 52.0 Å². The molecular formula is C23H19N3O5. The van der Waals surface area contributed by atoms with E-state index in [9.17, 15) is 19.7 Å². The molecule has 1 aromatic carbocycles. The lowest BCUT2D eigenvalue weighted by Crippen LogP contribution is -2.40. The maximum Gasteiger partial charge on any atom is 0.270 e. The number of amides is 2. The molecule has 2 amide bonds. The molecule has 6 atom stereocenters. The molecule has 1 saturated heterocycles. The van der Waals surface area contributed by atoms with Gasteiger partial charge >= 0.3 is 0 Å². The molecule has 4 aliphatic carbocycles. The Morgan fingerprint density at radius 2 is 1.77 bits per heavy atom. The molecule has 31 heavy (non-hydrogen) atoms. The molecule has 0 spiro atoms. The van der Waals surface area contributed by atoms with Crippen LogP contribution >= 0.6 is 0 Å². The van der Waals surface area contributed by atoms with Gasteiger partial charge in [-0.15, -0.1) is 0 Å². The molecule has 0 N–H and O–H groups in total. The van der Waals surface area contributed by atoms with Crippen LogP contribution < -0.4 is 0 Å². The number of carbonyl (C=O) groups is 2. The summed E-state index contributed by atoms with van der Waals surface area (Å²) in [6.45, 7) is 1.84. The van der Waals surface area contributed by atoms with Gasteiger partial charge < -0.3 is 4.42 Å². The highest BCUT2D eigenvalue weighted by Crippen LogP contribution is 2.65. The molecule has 8 heteroatoms. The Labute approximate surface area is 177 Å². The third kappa shape index (κ3) is 2.57. The first-order valence-electron chi connectivity index (χ1n) is 10.4. The van der Waals surface area contributed by atoms with Gasteiger partial charge in [-0.05, 0) is 54.7 Å². The van der Waals surface area contributed by atoms with Gasteiger partial charge in [0.25, 0.3) is 17.5 Å². The normalized spacial score (nSPS) is 32.6. The van der Waals surface area contributed by atoms with E-state index in [0.717, 1.165) is 17.0 Å². The van der Waals surface area contributed by atoms with Gasteiger partial charge in [-0.25, -0.2) is 0 Å². The first kappa shape index (κ1) is 18.2. The zero-order valence-electron chi connectivity index (χ0n) is 16.7. The van der Waals surface area contributed by atoms with Gasteiger partial charge in [0.1, 0.15) is 11.5 Å². The standard InChI is InChI=1S/C23H19N3O5/c1-11-2-3-12(26(29)30)8-16(11)19-7-4-13(31-19)10-24-25-22(27)20-14-5-6-15(18-9-17(14)18)21(20)23(25)28/h2-8,10,14-15,17-18,20-21H,9H2,1H3/b24-10-/t14-,15+,17+,18-,20+,21-. The topological polar surface area (TPSA) is 106 Å². The molecule has 7 rings (SSSR count). The van der Waals surface area contributed by atoms with Crippen LogP contribution in [0.4, 0.5) is 5.69 Å². The fraction of sp³-hybridized carbons (Fsp3) is 0.348. The molecule has 0 radical (unpaired) electrons. The van der Waals surface area contributed by atoms with E-state index < -0.39 is 4.92 Å². The predicted molar refractivity (Wildman–Crippen MR) is 110 cm³/mol. The average Bonchev–Trinajstić information content (AvgIpc) is 3.40. The maximum absolute atomic E-state index is 13.0. The second kappa shape index (κ2) is 6.23. The first-order valence-corrected chi connectivity index (χ1v) is 10.4. The molecule has 5 aliphatic rings. The molecular weight excluding hydrogens is 398 g/mol. The van der Waals surface area contributed by atoms with Gasteiger partial charge in [0, 0.05) is 17.7 Å². The monoisotopic (exact) mass is 417 g/mol. The molecule has 0 unspecified atom stereocenters. The molecule has 156 valence electrons. The van der Waals surface area contributed by atoms with Crippen LogP contribution in [0.1, 0.15) is 17.7 Å². The number of benzene rings is 1. The predicted octanol–water partition coefficient (Wildman–Crippen LogP) is 3.55. The first-order chi connectivity index (χ1) is 14.9. The minimum absolute atomic E-state index is 0.0237. The van der Waals surface area contributed by atoms with Gasteiger partial charge in [-0.1, -0.05) is 18.2 Å². The van der Waals surface area contributed by atoms with Crippen LogP contribution in [0, 0.1) is 52.5 Å². The smallest absolute Gasteiger partial charge is 0.270 e. The van der Waals surface area contributed by atoms with Crippen molar-refractivity contribution >= 4 is 23.7 Å². The van der Waals surface area contributed by atoms with Crippen molar-refractivity contribution in [1.29, 1.82) is 0 Å². The summed E-state index contributed by atoms with van der Waals surface area (Å²) in [6, 6.07) is 7.93. The number of nitro groups is 1. The summed E-state index contributed by atoms with van der Waals surface area (Å²) in [5.74, 6) is 1.19. The third-order valence-electron chi connectivity index (χ3n) is 7.26. The number of hydrogen-bond acceptors (Lipinski definition) is 6. The van der Waals surface area contributed by atoms with E-state index in [1.54, 1.807) is 18.2 Å². The molecule has 2 saturated carbocycles. The van der Waals surface area contributed by atoms with Crippen molar-refractivity contribution in [3.05, 3.63) is 63.9 Å². The van der Waals surface area contributed by atoms with Crippen molar-refractivity contribution in [3.63, 3.8) is 0 Å². The van der Waals surface area contributed by atoms with Gasteiger partial charge in [0.2, 0.25) is 0 Å². The number of nitro benzene ring substituents is 1. The van der Waals surface area contributed by atoms with Crippen LogP contribution in [-0.2, 0) is 9.59 Å². The Balaban J connectivity index is 1.25. The summed E-state index contributed by atoms with van der Waals surface area (Å²) >= 11 is 0. The lowest BCUT2D eigenvalue weighted by atomic mass is 9.63. The second-order valence-electron chi connectivity index (χ2n) is 8.85. The Morgan fingerprint density at radius 1 is 1.10 bits per heavy atom. The molecule has 3 fully saturated rings. The van der Waals surface area contributed by atoms with Crippen LogP contribution in [-0.4, -0.2) is 28.0 Å². The molecule has 1 aromatic heterocycles. The largest absolute Gasteiger partial charge is 0.455 e. The molecule has 8 nitrogen and oxygen atoms in total. The number of non-ortho nitro benzene ring substituents is 1. The fourth-order valence-corrected chi connectivity index (χ4v) is 5.73. The lowest BCUT2D eigenvalue weighted by Gasteiger charge is -2.37. The quantitative estimate of drug-likeness (QED) is 0.249. The number of rotatable bonds is 4. The minimum atomic E-state index is -0.454. The van der Waals surface area contributed by atoms with E-state index in [-0.39, 0.29) is 41.2 Å². The van der Waals surface area contributed by atoms with Gasteiger partial charge in [0.15, 0.2) is 0 Å². The number of hydrogen-bond donors (Lipinski definition) is 0. The van der Waals surface area contributed by atoms with Crippen molar-refractivity contribution in [2.75, 3.05) is 0 Å². The third-order valence-corrected chi connectivity index (χ3v) is 7.26. The number of furan rings is 1. The van der Waals surface area contributed by atoms with Crippen molar-refractivity contribution < 1.29 is 18.9 Å². The summed E-state index contributed by atoms with van der Waals surface area (Å²) in [5, 5.41) is 16.3. The van der Waals surface area contributed by atoms with E-state index in [2.05, 4.69) is 17.3 Å². The summed E-state index contributed by atoms with van der Waals surface area (Å²) in [7, 11) is 0. The van der Waals surface area contributed by atoms with Crippen LogP contribution in [0.3, 0.4) is 0 Å². The van der Waals surface area contributed by atoms with Crippen LogP contribution in [0.5, 0.6) is 0 Å². The average molecular weight is 417 g/mol. The highest BCUT2D eigenvalue weighted by Gasteiger charge is 2.67. The van der Waals surface area contributed by atoms with Gasteiger partial charge in [0.05, 0.1) is 23.0 Å². The van der Waals surface area contributed by atoms with E-state index in [1.807, 2.05) is 6.92 Å².